The molecular formula is C19H22N4O. The molecule has 24 heavy (non-hydrogen) atoms. The number of ether oxygens (including phenoxy) is 1. The molecule has 0 aliphatic carbocycles. The third kappa shape index (κ3) is 5.82. The molecule has 5 heteroatoms. The van der Waals surface area contributed by atoms with E-state index in [0.29, 0.717) is 5.56 Å². The van der Waals surface area contributed by atoms with Gasteiger partial charge >= 0.3 is 0 Å². The maximum atomic E-state index is 8.87. The summed E-state index contributed by atoms with van der Waals surface area (Å²) in [7, 11) is 2.04. The molecule has 0 unspecified atom stereocenters. The number of allylic oxidation sites excluding steroid dienone is 1. The molecule has 0 N–H and O–H groups in total. The molecule has 2 rings (SSSR count). The van der Waals surface area contributed by atoms with Crippen molar-refractivity contribution in [2.45, 2.75) is 25.5 Å². The molecule has 0 fully saturated rings. The maximum absolute atomic E-state index is 8.87. The van der Waals surface area contributed by atoms with Crippen molar-refractivity contribution in [2.75, 3.05) is 13.6 Å². The van der Waals surface area contributed by atoms with Crippen LogP contribution in [0, 0.1) is 11.3 Å². The Hall–Kier alpha value is -2.71. The number of likely N-dealkylation sites (N-methyl/N-ethyl adjacent to an activating group) is 1. The largest absolute Gasteiger partial charge is 0.489 e. The fourth-order valence-electron chi connectivity index (χ4n) is 2.39. The smallest absolute Gasteiger partial charge is 0.119 e. The monoisotopic (exact) mass is 322 g/mol. The summed E-state index contributed by atoms with van der Waals surface area (Å²) in [5, 5.41) is 8.87. The molecule has 1 aromatic carbocycles. The van der Waals surface area contributed by atoms with Gasteiger partial charge in [0.25, 0.3) is 0 Å². The molecule has 0 bridgehead atoms. The second kappa shape index (κ2) is 9.43. The van der Waals surface area contributed by atoms with E-state index in [-0.39, 0.29) is 6.10 Å². The molecule has 0 aliphatic rings. The van der Waals surface area contributed by atoms with Gasteiger partial charge in [0.1, 0.15) is 11.9 Å². The van der Waals surface area contributed by atoms with Crippen LogP contribution in [0.15, 0.2) is 55.5 Å². The van der Waals surface area contributed by atoms with Crippen molar-refractivity contribution in [1.29, 1.82) is 5.26 Å². The second-order valence-corrected chi connectivity index (χ2v) is 5.64. The first-order valence-electron chi connectivity index (χ1n) is 7.92. The molecular weight excluding hydrogens is 300 g/mol. The van der Waals surface area contributed by atoms with Gasteiger partial charge in [-0.1, -0.05) is 6.08 Å². The molecule has 124 valence electrons. The van der Waals surface area contributed by atoms with Gasteiger partial charge in [0, 0.05) is 31.7 Å². The summed E-state index contributed by atoms with van der Waals surface area (Å²) in [5.41, 5.74) is 1.56. The van der Waals surface area contributed by atoms with Crippen molar-refractivity contribution in [3.05, 3.63) is 66.8 Å². The van der Waals surface area contributed by atoms with Crippen LogP contribution in [0.25, 0.3) is 0 Å². The standard InChI is InChI=1S/C19H22N4O/c1-3-4-5-19(24-18-8-6-16(12-20)7-9-18)15-23(2)14-17-13-21-10-11-22-17/h3,6-11,13,19H,1,4-5,14-15H2,2H3/t19-/m0/s1. The number of nitrogens with zero attached hydrogens (tertiary/aromatic N) is 4. The maximum Gasteiger partial charge on any atom is 0.119 e. The SMILES string of the molecule is C=CCC[C@@H](CN(C)Cc1cnccn1)Oc1ccc(C#N)cc1. The summed E-state index contributed by atoms with van der Waals surface area (Å²) in [6, 6.07) is 9.32. The van der Waals surface area contributed by atoms with Gasteiger partial charge < -0.3 is 4.74 Å². The van der Waals surface area contributed by atoms with Crippen molar-refractivity contribution >= 4 is 0 Å². The fraction of sp³-hybridized carbons (Fsp3) is 0.316. The normalized spacial score (nSPS) is 11.7. The van der Waals surface area contributed by atoms with Crippen molar-refractivity contribution in [1.82, 2.24) is 14.9 Å². The topological polar surface area (TPSA) is 62.0 Å². The summed E-state index contributed by atoms with van der Waals surface area (Å²) in [6.07, 6.45) is 8.86. The molecule has 1 atom stereocenters. The molecule has 0 aliphatic heterocycles. The first kappa shape index (κ1) is 17.6. The summed E-state index contributed by atoms with van der Waals surface area (Å²) in [6.45, 7) is 5.27. The molecule has 0 amide bonds. The van der Waals surface area contributed by atoms with Crippen LogP contribution < -0.4 is 4.74 Å². The summed E-state index contributed by atoms with van der Waals surface area (Å²) >= 11 is 0. The lowest BCUT2D eigenvalue weighted by molar-refractivity contribution is 0.136. The Morgan fingerprint density at radius 1 is 1.33 bits per heavy atom. The predicted molar refractivity (Wildman–Crippen MR) is 93.4 cm³/mol. The Balaban J connectivity index is 1.96. The van der Waals surface area contributed by atoms with Gasteiger partial charge in [0.05, 0.1) is 17.3 Å². The molecule has 1 aromatic heterocycles. The molecule has 0 saturated carbocycles. The molecule has 2 aromatic rings. The molecule has 0 radical (unpaired) electrons. The van der Waals surface area contributed by atoms with E-state index in [1.807, 2.05) is 25.3 Å². The minimum Gasteiger partial charge on any atom is -0.489 e. The van der Waals surface area contributed by atoms with E-state index in [0.717, 1.165) is 37.4 Å². The van der Waals surface area contributed by atoms with Crippen LogP contribution in [-0.4, -0.2) is 34.6 Å². The van der Waals surface area contributed by atoms with Gasteiger partial charge in [-0.05, 0) is 44.2 Å². The molecule has 1 heterocycles. The predicted octanol–water partition coefficient (Wildman–Crippen LogP) is 3.19. The summed E-state index contributed by atoms with van der Waals surface area (Å²) in [4.78, 5) is 10.6. The average Bonchev–Trinajstić information content (AvgIpc) is 2.61. The third-order valence-electron chi connectivity index (χ3n) is 3.54. The van der Waals surface area contributed by atoms with Gasteiger partial charge in [-0.15, -0.1) is 6.58 Å². The average molecular weight is 322 g/mol. The van der Waals surface area contributed by atoms with E-state index >= 15 is 0 Å². The number of hydrogen-bond donors (Lipinski definition) is 0. The van der Waals surface area contributed by atoms with Crippen LogP contribution in [0.4, 0.5) is 0 Å². The highest BCUT2D eigenvalue weighted by atomic mass is 16.5. The van der Waals surface area contributed by atoms with Gasteiger partial charge in [-0.25, -0.2) is 0 Å². The lowest BCUT2D eigenvalue weighted by atomic mass is 10.1. The summed E-state index contributed by atoms with van der Waals surface area (Å²) < 4.78 is 6.09. The van der Waals surface area contributed by atoms with Crippen molar-refractivity contribution in [3.63, 3.8) is 0 Å². The van der Waals surface area contributed by atoms with Gasteiger partial charge in [0.2, 0.25) is 0 Å². The van der Waals surface area contributed by atoms with Gasteiger partial charge in [0.15, 0.2) is 0 Å². The zero-order valence-electron chi connectivity index (χ0n) is 13.9. The van der Waals surface area contributed by atoms with Crippen LogP contribution in [0.3, 0.4) is 0 Å². The Labute approximate surface area is 143 Å². The molecule has 0 spiro atoms. The highest BCUT2D eigenvalue weighted by Gasteiger charge is 2.14. The number of aromatic nitrogens is 2. The lowest BCUT2D eigenvalue weighted by Gasteiger charge is -2.24. The van der Waals surface area contributed by atoms with E-state index in [1.165, 1.54) is 0 Å². The number of nitriles is 1. The quantitative estimate of drug-likeness (QED) is 0.663. The third-order valence-corrected chi connectivity index (χ3v) is 3.54. The first-order chi connectivity index (χ1) is 11.7. The van der Waals surface area contributed by atoms with Crippen LogP contribution in [0.5, 0.6) is 5.75 Å². The molecule has 5 nitrogen and oxygen atoms in total. The summed E-state index contributed by atoms with van der Waals surface area (Å²) in [5.74, 6) is 0.774. The van der Waals surface area contributed by atoms with Crippen molar-refractivity contribution < 1.29 is 4.74 Å². The van der Waals surface area contributed by atoms with Crippen LogP contribution >= 0.6 is 0 Å². The number of hydrogen-bond acceptors (Lipinski definition) is 5. The Morgan fingerprint density at radius 2 is 2.12 bits per heavy atom. The highest BCUT2D eigenvalue weighted by molar-refractivity contribution is 5.34. The first-order valence-corrected chi connectivity index (χ1v) is 7.92. The number of rotatable bonds is 9. The van der Waals surface area contributed by atoms with E-state index in [2.05, 4.69) is 27.5 Å². The van der Waals surface area contributed by atoms with Crippen molar-refractivity contribution in [3.8, 4) is 11.8 Å². The highest BCUT2D eigenvalue weighted by Crippen LogP contribution is 2.16. The van der Waals surface area contributed by atoms with Gasteiger partial charge in [-0.3, -0.25) is 14.9 Å². The van der Waals surface area contributed by atoms with E-state index < -0.39 is 0 Å². The zero-order valence-corrected chi connectivity index (χ0v) is 13.9. The second-order valence-electron chi connectivity index (χ2n) is 5.64. The minimum absolute atomic E-state index is 0.0395. The Bertz CT molecular complexity index is 664. The van der Waals surface area contributed by atoms with Crippen LogP contribution in [-0.2, 0) is 6.54 Å². The lowest BCUT2D eigenvalue weighted by Crippen LogP contribution is -2.33. The van der Waals surface area contributed by atoms with Gasteiger partial charge in [-0.2, -0.15) is 5.26 Å². The van der Waals surface area contributed by atoms with Crippen LogP contribution in [0.2, 0.25) is 0 Å². The van der Waals surface area contributed by atoms with Crippen LogP contribution in [0.1, 0.15) is 24.1 Å². The zero-order chi connectivity index (χ0) is 17.2. The van der Waals surface area contributed by atoms with E-state index in [9.17, 15) is 0 Å². The molecule has 0 saturated heterocycles. The van der Waals surface area contributed by atoms with E-state index in [1.54, 1.807) is 30.7 Å². The fourth-order valence-corrected chi connectivity index (χ4v) is 2.39. The minimum atomic E-state index is 0.0395. The Morgan fingerprint density at radius 3 is 2.75 bits per heavy atom. The Kier molecular flexibility index (Phi) is 6.93. The van der Waals surface area contributed by atoms with E-state index in [4.69, 9.17) is 10.00 Å². The van der Waals surface area contributed by atoms with Crippen molar-refractivity contribution in [2.24, 2.45) is 0 Å². The number of benzene rings is 1.